The average molecular weight is 288 g/mol. The first-order valence-electron chi connectivity index (χ1n) is 6.28. The number of anilines is 4. The van der Waals surface area contributed by atoms with Gasteiger partial charge in [-0.15, -0.1) is 0 Å². The van der Waals surface area contributed by atoms with E-state index in [1.165, 1.54) is 0 Å². The predicted octanol–water partition coefficient (Wildman–Crippen LogP) is 3.47. The minimum absolute atomic E-state index is 0.00418. The Morgan fingerprint density at radius 2 is 2.05 bits per heavy atom. The van der Waals surface area contributed by atoms with Gasteiger partial charge in [0.25, 0.3) is 0 Å². The van der Waals surface area contributed by atoms with E-state index in [2.05, 4.69) is 10.6 Å². The summed E-state index contributed by atoms with van der Waals surface area (Å²) in [5.74, 6) is -0.00418. The maximum Gasteiger partial charge on any atom is 0.228 e. The topological polar surface area (TPSA) is 67.1 Å². The van der Waals surface area contributed by atoms with Crippen molar-refractivity contribution in [3.05, 3.63) is 46.5 Å². The molecule has 0 spiro atoms. The number of benzene rings is 2. The molecule has 3 rings (SSSR count). The fourth-order valence-corrected chi connectivity index (χ4v) is 2.45. The van der Waals surface area contributed by atoms with Crippen LogP contribution in [-0.4, -0.2) is 5.91 Å². The van der Waals surface area contributed by atoms with E-state index in [0.717, 1.165) is 28.2 Å². The highest BCUT2D eigenvalue weighted by Crippen LogP contribution is 2.34. The number of halogens is 1. The Morgan fingerprint density at radius 3 is 2.85 bits per heavy atom. The lowest BCUT2D eigenvalue weighted by molar-refractivity contribution is -0.115. The normalized spacial score (nSPS) is 13.0. The van der Waals surface area contributed by atoms with Gasteiger partial charge >= 0.3 is 0 Å². The van der Waals surface area contributed by atoms with Gasteiger partial charge in [0.1, 0.15) is 0 Å². The molecule has 4 N–H and O–H groups in total. The molecule has 0 unspecified atom stereocenters. The molecule has 0 saturated carbocycles. The molecule has 102 valence electrons. The third-order valence-electron chi connectivity index (χ3n) is 3.37. The highest BCUT2D eigenvalue weighted by Gasteiger charge is 2.19. The molecule has 0 radical (unpaired) electrons. The summed E-state index contributed by atoms with van der Waals surface area (Å²) < 4.78 is 0. The van der Waals surface area contributed by atoms with Gasteiger partial charge in [0.15, 0.2) is 0 Å². The number of hydrogen-bond donors (Lipinski definition) is 3. The van der Waals surface area contributed by atoms with Gasteiger partial charge in [0.05, 0.1) is 17.8 Å². The van der Waals surface area contributed by atoms with E-state index in [9.17, 15) is 4.79 Å². The lowest BCUT2D eigenvalue weighted by Crippen LogP contribution is -2.03. The SMILES string of the molecule is Cc1ccc(Cl)cc1Nc1cc2c(cc1N)CC(=O)N2. The van der Waals surface area contributed by atoms with E-state index in [1.54, 1.807) is 0 Å². The van der Waals surface area contributed by atoms with Crippen molar-refractivity contribution in [2.24, 2.45) is 0 Å². The van der Waals surface area contributed by atoms with Gasteiger partial charge in [-0.05, 0) is 42.3 Å². The smallest absolute Gasteiger partial charge is 0.228 e. The number of rotatable bonds is 2. The van der Waals surface area contributed by atoms with Crippen molar-refractivity contribution in [1.82, 2.24) is 0 Å². The second-order valence-corrected chi connectivity index (χ2v) is 5.34. The highest BCUT2D eigenvalue weighted by atomic mass is 35.5. The highest BCUT2D eigenvalue weighted by molar-refractivity contribution is 6.30. The van der Waals surface area contributed by atoms with E-state index < -0.39 is 0 Å². The van der Waals surface area contributed by atoms with E-state index in [-0.39, 0.29) is 5.91 Å². The molecule has 1 aliphatic rings. The zero-order valence-electron chi connectivity index (χ0n) is 11.0. The number of carbonyl (C=O) groups is 1. The van der Waals surface area contributed by atoms with Crippen LogP contribution in [0.15, 0.2) is 30.3 Å². The van der Waals surface area contributed by atoms with Crippen LogP contribution in [0, 0.1) is 6.92 Å². The molecule has 0 atom stereocenters. The Labute approximate surface area is 121 Å². The van der Waals surface area contributed by atoms with Gasteiger partial charge in [-0.1, -0.05) is 17.7 Å². The van der Waals surface area contributed by atoms with Crippen LogP contribution in [0.3, 0.4) is 0 Å². The third kappa shape index (κ3) is 2.30. The molecule has 4 nitrogen and oxygen atoms in total. The van der Waals surface area contributed by atoms with Crippen LogP contribution in [-0.2, 0) is 11.2 Å². The first kappa shape index (κ1) is 12.8. The van der Waals surface area contributed by atoms with E-state index in [1.807, 2.05) is 37.3 Å². The number of fused-ring (bicyclic) bond motifs is 1. The van der Waals surface area contributed by atoms with Gasteiger partial charge in [0.2, 0.25) is 5.91 Å². The van der Waals surface area contributed by atoms with Crippen molar-refractivity contribution in [2.45, 2.75) is 13.3 Å². The summed E-state index contributed by atoms with van der Waals surface area (Å²) in [5.41, 5.74) is 11.1. The molecule has 0 saturated heterocycles. The van der Waals surface area contributed by atoms with Crippen molar-refractivity contribution >= 4 is 40.3 Å². The Kier molecular flexibility index (Phi) is 3.03. The van der Waals surface area contributed by atoms with Gasteiger partial charge in [-0.2, -0.15) is 0 Å². The Balaban J connectivity index is 1.97. The summed E-state index contributed by atoms with van der Waals surface area (Å²) in [4.78, 5) is 11.4. The Morgan fingerprint density at radius 1 is 1.25 bits per heavy atom. The van der Waals surface area contributed by atoms with E-state index in [0.29, 0.717) is 17.1 Å². The van der Waals surface area contributed by atoms with Crippen LogP contribution in [0.2, 0.25) is 5.02 Å². The van der Waals surface area contributed by atoms with Crippen LogP contribution in [0.4, 0.5) is 22.7 Å². The van der Waals surface area contributed by atoms with Gasteiger partial charge in [0, 0.05) is 16.4 Å². The summed E-state index contributed by atoms with van der Waals surface area (Å²) in [6.45, 7) is 1.99. The van der Waals surface area contributed by atoms with Crippen LogP contribution < -0.4 is 16.4 Å². The number of nitrogen functional groups attached to an aromatic ring is 1. The zero-order valence-corrected chi connectivity index (χ0v) is 11.7. The van der Waals surface area contributed by atoms with Crippen LogP contribution >= 0.6 is 11.6 Å². The standard InChI is InChI=1S/C15H14ClN3O/c1-8-2-3-10(16)6-12(8)18-14-7-13-9(4-11(14)17)5-15(20)19-13/h2-4,6-7,18H,5,17H2,1H3,(H,19,20). The summed E-state index contributed by atoms with van der Waals surface area (Å²) in [7, 11) is 0. The van der Waals surface area contributed by atoms with Crippen LogP contribution in [0.25, 0.3) is 0 Å². The number of nitrogens with two attached hydrogens (primary N) is 1. The van der Waals surface area contributed by atoms with Gasteiger partial charge < -0.3 is 16.4 Å². The summed E-state index contributed by atoms with van der Waals surface area (Å²) in [5, 5.41) is 6.74. The minimum atomic E-state index is -0.00418. The monoisotopic (exact) mass is 287 g/mol. The maximum atomic E-state index is 11.4. The van der Waals surface area contributed by atoms with Gasteiger partial charge in [-0.25, -0.2) is 0 Å². The molecule has 0 aromatic heterocycles. The number of aryl methyl sites for hydroxylation is 1. The van der Waals surface area contributed by atoms with Crippen molar-refractivity contribution < 1.29 is 4.79 Å². The molecule has 2 aromatic carbocycles. The Hall–Kier alpha value is -2.20. The van der Waals surface area contributed by atoms with Crippen LogP contribution in [0.5, 0.6) is 0 Å². The second-order valence-electron chi connectivity index (χ2n) is 4.91. The molecular formula is C15H14ClN3O. The maximum absolute atomic E-state index is 11.4. The van der Waals surface area contributed by atoms with Crippen molar-refractivity contribution in [3.8, 4) is 0 Å². The first-order chi connectivity index (χ1) is 9.52. The number of nitrogens with one attached hydrogen (secondary N) is 2. The fourth-order valence-electron chi connectivity index (χ4n) is 2.28. The molecule has 2 aromatic rings. The summed E-state index contributed by atoms with van der Waals surface area (Å²) in [6, 6.07) is 9.32. The first-order valence-corrected chi connectivity index (χ1v) is 6.66. The van der Waals surface area contributed by atoms with Crippen LogP contribution in [0.1, 0.15) is 11.1 Å². The summed E-state index contributed by atoms with van der Waals surface area (Å²) in [6.07, 6.45) is 0.385. The molecule has 20 heavy (non-hydrogen) atoms. The zero-order chi connectivity index (χ0) is 14.3. The second kappa shape index (κ2) is 4.72. The molecular weight excluding hydrogens is 274 g/mol. The Bertz CT molecular complexity index is 713. The lowest BCUT2D eigenvalue weighted by atomic mass is 10.1. The molecule has 1 amide bonds. The molecule has 0 fully saturated rings. The molecule has 0 aliphatic carbocycles. The molecule has 0 bridgehead atoms. The minimum Gasteiger partial charge on any atom is -0.397 e. The van der Waals surface area contributed by atoms with E-state index in [4.69, 9.17) is 17.3 Å². The quantitative estimate of drug-likeness (QED) is 0.741. The number of carbonyl (C=O) groups excluding carboxylic acids is 1. The molecule has 5 heteroatoms. The fraction of sp³-hybridized carbons (Fsp3) is 0.133. The molecule has 1 heterocycles. The van der Waals surface area contributed by atoms with Crippen molar-refractivity contribution in [3.63, 3.8) is 0 Å². The number of hydrogen-bond acceptors (Lipinski definition) is 3. The van der Waals surface area contributed by atoms with Gasteiger partial charge in [-0.3, -0.25) is 4.79 Å². The number of amides is 1. The van der Waals surface area contributed by atoms with E-state index >= 15 is 0 Å². The largest absolute Gasteiger partial charge is 0.397 e. The third-order valence-corrected chi connectivity index (χ3v) is 3.60. The summed E-state index contributed by atoms with van der Waals surface area (Å²) >= 11 is 6.01. The lowest BCUT2D eigenvalue weighted by Gasteiger charge is -2.13. The predicted molar refractivity (Wildman–Crippen MR) is 82.7 cm³/mol. The van der Waals surface area contributed by atoms with Crippen molar-refractivity contribution in [1.29, 1.82) is 0 Å². The van der Waals surface area contributed by atoms with Crippen molar-refractivity contribution in [2.75, 3.05) is 16.4 Å². The molecule has 1 aliphatic heterocycles. The average Bonchev–Trinajstić information content (AvgIpc) is 2.73.